The minimum Gasteiger partial charge on any atom is -0.383 e. The van der Waals surface area contributed by atoms with Gasteiger partial charge < -0.3 is 11.5 Å². The number of aromatic nitrogens is 3. The number of amides is 1. The maximum Gasteiger partial charge on any atom is 0.248 e. The first-order chi connectivity index (χ1) is 13.0. The minimum absolute atomic E-state index is 0.373. The number of nitrogens with zero attached hydrogens (tertiary/aromatic N) is 3. The predicted octanol–water partition coefficient (Wildman–Crippen LogP) is 3.80. The van der Waals surface area contributed by atoms with Crippen molar-refractivity contribution < 1.29 is 4.79 Å². The Morgan fingerprint density at radius 1 is 0.963 bits per heavy atom. The van der Waals surface area contributed by atoms with Gasteiger partial charge in [0, 0.05) is 15.6 Å². The fraction of sp³-hybridized carbons (Fsp3) is 0. The maximum atomic E-state index is 11.3. The van der Waals surface area contributed by atoms with Gasteiger partial charge in [-0.25, -0.2) is 15.0 Å². The second-order valence-electron chi connectivity index (χ2n) is 5.96. The van der Waals surface area contributed by atoms with Crippen LogP contribution in [0.25, 0.3) is 33.4 Å². The third kappa shape index (κ3) is 3.24. The number of halogens is 1. The summed E-state index contributed by atoms with van der Waals surface area (Å²) in [6.07, 6.45) is 1.40. The molecule has 0 aliphatic rings. The van der Waals surface area contributed by atoms with Gasteiger partial charge in [-0.2, -0.15) is 0 Å². The molecule has 0 spiro atoms. The highest BCUT2D eigenvalue weighted by Gasteiger charge is 2.14. The maximum absolute atomic E-state index is 11.3. The van der Waals surface area contributed by atoms with E-state index in [1.54, 1.807) is 12.1 Å². The molecule has 132 valence electrons. The molecule has 2 aromatic carbocycles. The van der Waals surface area contributed by atoms with Crippen LogP contribution in [-0.2, 0) is 0 Å². The Balaban J connectivity index is 1.97. The van der Waals surface area contributed by atoms with Crippen LogP contribution in [0.3, 0.4) is 0 Å². The third-order valence-corrected chi connectivity index (χ3v) is 4.73. The zero-order valence-electron chi connectivity index (χ0n) is 14.1. The molecule has 0 fully saturated rings. The second kappa shape index (κ2) is 6.77. The first-order valence-electron chi connectivity index (χ1n) is 8.10. The predicted molar refractivity (Wildman–Crippen MR) is 109 cm³/mol. The largest absolute Gasteiger partial charge is 0.383 e. The molecule has 0 radical (unpaired) electrons. The smallest absolute Gasteiger partial charge is 0.248 e. The van der Waals surface area contributed by atoms with Crippen molar-refractivity contribution in [1.82, 2.24) is 15.0 Å². The van der Waals surface area contributed by atoms with Gasteiger partial charge >= 0.3 is 0 Å². The van der Waals surface area contributed by atoms with Crippen LogP contribution < -0.4 is 11.5 Å². The van der Waals surface area contributed by atoms with Crippen LogP contribution in [0.1, 0.15) is 10.4 Å². The number of hydrogen-bond acceptors (Lipinski definition) is 5. The lowest BCUT2D eigenvalue weighted by atomic mass is 9.99. The van der Waals surface area contributed by atoms with Crippen LogP contribution in [0.4, 0.5) is 5.82 Å². The summed E-state index contributed by atoms with van der Waals surface area (Å²) < 4.78 is 0.952. The average molecular weight is 420 g/mol. The number of carbonyl (C=O) groups excluding carboxylic acids is 1. The monoisotopic (exact) mass is 419 g/mol. The summed E-state index contributed by atoms with van der Waals surface area (Å²) in [7, 11) is 0. The molecule has 2 aromatic heterocycles. The molecule has 0 aliphatic heterocycles. The van der Waals surface area contributed by atoms with E-state index in [-0.39, 0.29) is 0 Å². The molecule has 27 heavy (non-hydrogen) atoms. The molecule has 2 heterocycles. The zero-order valence-corrected chi connectivity index (χ0v) is 15.6. The SMILES string of the molecule is NC(=O)c1ccc(-c2cc(-c3cccc(Br)c3)c3c(N)ncnc3n2)cc1. The number of carbonyl (C=O) groups is 1. The summed E-state index contributed by atoms with van der Waals surface area (Å²) in [6.45, 7) is 0. The molecule has 0 unspecified atom stereocenters. The van der Waals surface area contributed by atoms with Crippen molar-refractivity contribution in [3.05, 3.63) is 71.0 Å². The molecular weight excluding hydrogens is 406 g/mol. The minimum atomic E-state index is -0.469. The lowest BCUT2D eigenvalue weighted by Crippen LogP contribution is -2.10. The number of primary amides is 1. The fourth-order valence-corrected chi connectivity index (χ4v) is 3.32. The molecule has 0 atom stereocenters. The van der Waals surface area contributed by atoms with Gasteiger partial charge in [-0.15, -0.1) is 0 Å². The standard InChI is InChI=1S/C20H14BrN5O/c21-14-3-1-2-13(8-14)15-9-16(11-4-6-12(7-5-11)19(23)27)26-20-17(15)18(22)24-10-25-20/h1-10H,(H2,23,27)(H2,22,24,25,26). The van der Waals surface area contributed by atoms with E-state index in [4.69, 9.17) is 11.5 Å². The molecule has 0 aliphatic carbocycles. The van der Waals surface area contributed by atoms with E-state index >= 15 is 0 Å². The van der Waals surface area contributed by atoms with Crippen LogP contribution in [0.5, 0.6) is 0 Å². The number of benzene rings is 2. The van der Waals surface area contributed by atoms with Crippen LogP contribution in [0.15, 0.2) is 65.4 Å². The van der Waals surface area contributed by atoms with Gasteiger partial charge in [0.05, 0.1) is 11.1 Å². The lowest BCUT2D eigenvalue weighted by molar-refractivity contribution is 0.100. The number of rotatable bonds is 3. The number of anilines is 1. The quantitative estimate of drug-likeness (QED) is 0.524. The van der Waals surface area contributed by atoms with Crippen LogP contribution >= 0.6 is 15.9 Å². The Bertz CT molecular complexity index is 1170. The normalized spacial score (nSPS) is 10.9. The number of nitrogen functional groups attached to an aromatic ring is 1. The average Bonchev–Trinajstić information content (AvgIpc) is 2.67. The fourth-order valence-electron chi connectivity index (χ4n) is 2.92. The van der Waals surface area contributed by atoms with Gasteiger partial charge in [-0.3, -0.25) is 4.79 Å². The number of nitrogens with two attached hydrogens (primary N) is 2. The molecule has 0 bridgehead atoms. The highest BCUT2D eigenvalue weighted by Crippen LogP contribution is 2.34. The van der Waals surface area contributed by atoms with Crippen molar-refractivity contribution >= 4 is 38.7 Å². The van der Waals surface area contributed by atoms with Crippen LogP contribution in [0, 0.1) is 0 Å². The second-order valence-corrected chi connectivity index (χ2v) is 6.88. The van der Waals surface area contributed by atoms with E-state index < -0.39 is 5.91 Å². The lowest BCUT2D eigenvalue weighted by Gasteiger charge is -2.11. The highest BCUT2D eigenvalue weighted by atomic mass is 79.9. The van der Waals surface area contributed by atoms with Crippen molar-refractivity contribution in [2.24, 2.45) is 5.73 Å². The Hall–Kier alpha value is -3.32. The molecule has 4 rings (SSSR count). The van der Waals surface area contributed by atoms with Gasteiger partial charge in [0.1, 0.15) is 12.1 Å². The van der Waals surface area contributed by atoms with Gasteiger partial charge in [-0.1, -0.05) is 40.2 Å². The van der Waals surface area contributed by atoms with E-state index in [0.29, 0.717) is 28.1 Å². The summed E-state index contributed by atoms with van der Waals surface area (Å²) in [5.74, 6) is -0.0959. The molecule has 7 heteroatoms. The summed E-state index contributed by atoms with van der Waals surface area (Å²) in [5.41, 5.74) is 15.8. The Morgan fingerprint density at radius 2 is 1.74 bits per heavy atom. The molecule has 6 nitrogen and oxygen atoms in total. The van der Waals surface area contributed by atoms with Gasteiger partial charge in [0.15, 0.2) is 5.65 Å². The summed E-state index contributed by atoms with van der Waals surface area (Å²) >= 11 is 3.51. The molecule has 1 amide bonds. The van der Waals surface area contributed by atoms with Crippen LogP contribution in [-0.4, -0.2) is 20.9 Å². The number of pyridine rings is 1. The topological polar surface area (TPSA) is 108 Å². The van der Waals surface area contributed by atoms with E-state index in [1.165, 1.54) is 6.33 Å². The van der Waals surface area contributed by atoms with Crippen molar-refractivity contribution in [3.8, 4) is 22.4 Å². The molecular formula is C20H14BrN5O. The number of hydrogen-bond donors (Lipinski definition) is 2. The van der Waals surface area contributed by atoms with Crippen molar-refractivity contribution in [2.75, 3.05) is 5.73 Å². The molecule has 0 saturated carbocycles. The summed E-state index contributed by atoms with van der Waals surface area (Å²) in [4.78, 5) is 24.3. The van der Waals surface area contributed by atoms with E-state index in [0.717, 1.165) is 21.2 Å². The summed E-state index contributed by atoms with van der Waals surface area (Å²) in [6, 6.07) is 16.8. The van der Waals surface area contributed by atoms with Crippen molar-refractivity contribution in [1.29, 1.82) is 0 Å². The van der Waals surface area contributed by atoms with E-state index in [2.05, 4.69) is 30.9 Å². The third-order valence-electron chi connectivity index (χ3n) is 4.23. The molecule has 4 aromatic rings. The zero-order chi connectivity index (χ0) is 19.0. The highest BCUT2D eigenvalue weighted by molar-refractivity contribution is 9.10. The van der Waals surface area contributed by atoms with E-state index in [1.807, 2.05) is 42.5 Å². The Labute approximate surface area is 163 Å². The Kier molecular flexibility index (Phi) is 4.29. The van der Waals surface area contributed by atoms with E-state index in [9.17, 15) is 4.79 Å². The molecule has 4 N–H and O–H groups in total. The van der Waals surface area contributed by atoms with Crippen molar-refractivity contribution in [3.63, 3.8) is 0 Å². The van der Waals surface area contributed by atoms with Crippen molar-refractivity contribution in [2.45, 2.75) is 0 Å². The van der Waals surface area contributed by atoms with Gasteiger partial charge in [0.2, 0.25) is 5.91 Å². The first kappa shape index (κ1) is 17.1. The van der Waals surface area contributed by atoms with Crippen LogP contribution in [0.2, 0.25) is 0 Å². The Morgan fingerprint density at radius 3 is 2.44 bits per heavy atom. The van der Waals surface area contributed by atoms with Gasteiger partial charge in [0.25, 0.3) is 0 Å². The first-order valence-corrected chi connectivity index (χ1v) is 8.89. The molecule has 0 saturated heterocycles. The summed E-state index contributed by atoms with van der Waals surface area (Å²) in [5, 5.41) is 0.702. The van der Waals surface area contributed by atoms with Gasteiger partial charge in [-0.05, 0) is 41.5 Å². The number of fused-ring (bicyclic) bond motifs is 1.